The van der Waals surface area contributed by atoms with Crippen molar-refractivity contribution in [1.29, 1.82) is 0 Å². The van der Waals surface area contributed by atoms with Crippen LogP contribution >= 0.6 is 0 Å². The number of anilines is 2. The summed E-state index contributed by atoms with van der Waals surface area (Å²) in [6.07, 6.45) is 10.1. The number of nitrogens with two attached hydrogens (primary N) is 1. The Morgan fingerprint density at radius 2 is 2.06 bits per heavy atom. The normalized spacial score (nSPS) is 17.6. The van der Waals surface area contributed by atoms with Gasteiger partial charge in [-0.1, -0.05) is 26.0 Å². The van der Waals surface area contributed by atoms with Crippen molar-refractivity contribution in [2.45, 2.75) is 26.4 Å². The number of aromatic amines is 1. The van der Waals surface area contributed by atoms with Crippen molar-refractivity contribution in [2.24, 2.45) is 11.7 Å². The molecule has 170 valence electrons. The molecule has 0 radical (unpaired) electrons. The molecule has 8 nitrogen and oxygen atoms in total. The first-order chi connectivity index (χ1) is 16.5. The maximum atomic E-state index is 12.1. The lowest BCUT2D eigenvalue weighted by atomic mass is 9.95. The molecular weight excluding hydrogens is 426 g/mol. The molecule has 0 saturated carbocycles. The van der Waals surface area contributed by atoms with E-state index in [1.165, 1.54) is 0 Å². The monoisotopic (exact) mass is 451 g/mol. The summed E-state index contributed by atoms with van der Waals surface area (Å²) in [5.74, 6) is 0.689. The molecule has 0 bridgehead atoms. The number of amides is 1. The molecule has 0 spiro atoms. The first kappa shape index (κ1) is 20.3. The van der Waals surface area contributed by atoms with Gasteiger partial charge in [0.2, 0.25) is 5.91 Å². The summed E-state index contributed by atoms with van der Waals surface area (Å²) in [6.45, 7) is 3.73. The molecule has 1 aliphatic carbocycles. The summed E-state index contributed by atoms with van der Waals surface area (Å²) in [5.41, 5.74) is 15.7. The highest BCUT2D eigenvalue weighted by atomic mass is 16.1. The van der Waals surface area contributed by atoms with Gasteiger partial charge in [0.15, 0.2) is 0 Å². The number of carbonyl (C=O) groups is 1. The fourth-order valence-electron chi connectivity index (χ4n) is 4.34. The van der Waals surface area contributed by atoms with E-state index < -0.39 is 0 Å². The number of H-pyrrole nitrogens is 1. The summed E-state index contributed by atoms with van der Waals surface area (Å²) in [4.78, 5) is 24.9. The van der Waals surface area contributed by atoms with Crippen LogP contribution in [0.25, 0.3) is 22.8 Å². The van der Waals surface area contributed by atoms with Crippen LogP contribution in [-0.2, 0) is 11.2 Å². The molecule has 1 amide bonds. The molecule has 1 atom stereocenters. The van der Waals surface area contributed by atoms with Crippen LogP contribution in [0.15, 0.2) is 60.2 Å². The van der Waals surface area contributed by atoms with Gasteiger partial charge in [0, 0.05) is 52.3 Å². The molecule has 34 heavy (non-hydrogen) atoms. The molecule has 6 rings (SSSR count). The van der Waals surface area contributed by atoms with E-state index in [9.17, 15) is 4.79 Å². The van der Waals surface area contributed by atoms with Crippen molar-refractivity contribution in [1.82, 2.24) is 20.3 Å². The van der Waals surface area contributed by atoms with Gasteiger partial charge in [-0.15, -0.1) is 0 Å². The summed E-state index contributed by atoms with van der Waals surface area (Å²) >= 11 is 0. The molecule has 4 heterocycles. The number of imidazole rings is 1. The third kappa shape index (κ3) is 3.53. The van der Waals surface area contributed by atoms with Crippen LogP contribution in [0.4, 0.5) is 11.4 Å². The van der Waals surface area contributed by atoms with E-state index >= 15 is 0 Å². The third-order valence-corrected chi connectivity index (χ3v) is 6.22. The zero-order valence-electron chi connectivity index (χ0n) is 18.9. The smallest absolute Gasteiger partial charge is 0.226 e. The number of fused-ring (bicyclic) bond motifs is 3. The number of pyridine rings is 1. The molecule has 1 fully saturated rings. The van der Waals surface area contributed by atoms with Crippen molar-refractivity contribution >= 4 is 28.9 Å². The Balaban J connectivity index is 1.38. The SMILES string of the molecule is CC(C)C(=O)Nc1cncc(-c2ccc3c(c2)C(c2nc4c([nH]2)CC(N)=CC=C4)=C2NC2N3)c1. The highest BCUT2D eigenvalue weighted by molar-refractivity contribution is 5.95. The number of aromatic nitrogens is 3. The number of hydrogen-bond acceptors (Lipinski definition) is 6. The fourth-order valence-corrected chi connectivity index (χ4v) is 4.34. The molecule has 1 aromatic carbocycles. The van der Waals surface area contributed by atoms with Gasteiger partial charge in [-0.25, -0.2) is 4.98 Å². The number of carbonyl (C=O) groups excluding carboxylic acids is 1. The van der Waals surface area contributed by atoms with Crippen molar-refractivity contribution in [3.8, 4) is 11.1 Å². The van der Waals surface area contributed by atoms with E-state index in [-0.39, 0.29) is 18.0 Å². The minimum absolute atomic E-state index is 0.0337. The molecule has 2 aliphatic heterocycles. The standard InChI is InChI=1S/C26H25N7O/c1-13(2)26(34)29-17-8-15(11-28-12-17)14-6-7-19-18(9-14)22(23-25(30-19)33-23)24-31-20-5-3-4-16(27)10-21(20)32-24/h3-9,11-13,25,30,33H,10,27H2,1-2H3,(H,29,34)(H,31,32). The number of nitrogens with zero attached hydrogens (tertiary/aromatic N) is 2. The minimum atomic E-state index is -0.101. The Hall–Kier alpha value is -4.33. The predicted octanol–water partition coefficient (Wildman–Crippen LogP) is 3.59. The van der Waals surface area contributed by atoms with Crippen molar-refractivity contribution in [3.05, 3.63) is 83.0 Å². The van der Waals surface area contributed by atoms with Gasteiger partial charge in [-0.3, -0.25) is 9.78 Å². The van der Waals surface area contributed by atoms with Crippen LogP contribution in [-0.4, -0.2) is 27.0 Å². The quantitative estimate of drug-likeness (QED) is 0.385. The molecule has 1 saturated heterocycles. The van der Waals surface area contributed by atoms with Crippen LogP contribution in [0.2, 0.25) is 0 Å². The lowest BCUT2D eigenvalue weighted by Gasteiger charge is -2.18. The molecule has 1 unspecified atom stereocenters. The number of rotatable bonds is 4. The van der Waals surface area contributed by atoms with E-state index in [2.05, 4.69) is 44.1 Å². The van der Waals surface area contributed by atoms with Crippen LogP contribution < -0.4 is 21.7 Å². The Kier molecular flexibility index (Phi) is 4.55. The van der Waals surface area contributed by atoms with Crippen molar-refractivity contribution in [2.75, 3.05) is 10.6 Å². The zero-order valence-corrected chi connectivity index (χ0v) is 18.9. The van der Waals surface area contributed by atoms with Crippen molar-refractivity contribution < 1.29 is 4.79 Å². The molecular formula is C26H25N7O. The Labute approximate surface area is 197 Å². The van der Waals surface area contributed by atoms with Crippen LogP contribution in [0.5, 0.6) is 0 Å². The molecule has 6 N–H and O–H groups in total. The van der Waals surface area contributed by atoms with E-state index in [0.29, 0.717) is 12.1 Å². The van der Waals surface area contributed by atoms with Crippen LogP contribution in [0, 0.1) is 5.92 Å². The van der Waals surface area contributed by atoms with Gasteiger partial charge in [0.1, 0.15) is 12.0 Å². The van der Waals surface area contributed by atoms with Gasteiger partial charge in [0.05, 0.1) is 23.3 Å². The first-order valence-corrected chi connectivity index (χ1v) is 11.4. The Morgan fingerprint density at radius 3 is 2.91 bits per heavy atom. The van der Waals surface area contributed by atoms with Crippen LogP contribution in [0.3, 0.4) is 0 Å². The van der Waals surface area contributed by atoms with Gasteiger partial charge in [-0.05, 0) is 35.9 Å². The van der Waals surface area contributed by atoms with E-state index in [4.69, 9.17) is 10.7 Å². The Morgan fingerprint density at radius 1 is 1.18 bits per heavy atom. The topological polar surface area (TPSA) is 131 Å². The number of nitrogens with one attached hydrogen (secondary N) is 4. The lowest BCUT2D eigenvalue weighted by Crippen LogP contribution is -2.17. The fraction of sp³-hybridized carbons (Fsp3) is 0.192. The van der Waals surface area contributed by atoms with Gasteiger partial charge in [0.25, 0.3) is 0 Å². The van der Waals surface area contributed by atoms with Crippen molar-refractivity contribution in [3.63, 3.8) is 0 Å². The summed E-state index contributed by atoms with van der Waals surface area (Å²) in [5, 5.41) is 9.87. The Bertz CT molecular complexity index is 1430. The summed E-state index contributed by atoms with van der Waals surface area (Å²) in [6, 6.07) is 8.23. The summed E-state index contributed by atoms with van der Waals surface area (Å²) in [7, 11) is 0. The van der Waals surface area contributed by atoms with Gasteiger partial charge < -0.3 is 26.7 Å². The highest BCUT2D eigenvalue weighted by Crippen LogP contribution is 2.43. The summed E-state index contributed by atoms with van der Waals surface area (Å²) < 4.78 is 0. The van der Waals surface area contributed by atoms with E-state index in [1.807, 2.05) is 44.3 Å². The molecule has 2 aromatic heterocycles. The second-order valence-corrected chi connectivity index (χ2v) is 9.10. The second-order valence-electron chi connectivity index (χ2n) is 9.10. The molecule has 8 heteroatoms. The third-order valence-electron chi connectivity index (χ3n) is 6.22. The number of hydrogen-bond donors (Lipinski definition) is 5. The van der Waals surface area contributed by atoms with E-state index in [0.717, 1.165) is 56.6 Å². The maximum absolute atomic E-state index is 12.1. The largest absolute Gasteiger partial charge is 0.402 e. The predicted molar refractivity (Wildman–Crippen MR) is 133 cm³/mol. The number of allylic oxidation sites excluding steroid dienone is 3. The lowest BCUT2D eigenvalue weighted by molar-refractivity contribution is -0.118. The minimum Gasteiger partial charge on any atom is -0.402 e. The molecule has 3 aromatic rings. The van der Waals surface area contributed by atoms with E-state index in [1.54, 1.807) is 6.20 Å². The van der Waals surface area contributed by atoms with Crippen LogP contribution in [0.1, 0.15) is 36.6 Å². The van der Waals surface area contributed by atoms with Gasteiger partial charge in [-0.2, -0.15) is 0 Å². The average molecular weight is 452 g/mol. The second kappa shape index (κ2) is 7.62. The first-order valence-electron chi connectivity index (χ1n) is 11.4. The zero-order chi connectivity index (χ0) is 23.4. The molecule has 3 aliphatic rings. The number of benzene rings is 1. The highest BCUT2D eigenvalue weighted by Gasteiger charge is 2.39. The average Bonchev–Trinajstić information content (AvgIpc) is 3.53. The van der Waals surface area contributed by atoms with Gasteiger partial charge >= 0.3 is 0 Å². The maximum Gasteiger partial charge on any atom is 0.226 e.